The molecule has 0 aliphatic carbocycles. The molecule has 0 spiro atoms. The molecular weight excluding hydrogens is 318 g/mol. The fourth-order valence-electron chi connectivity index (χ4n) is 3.12. The second kappa shape index (κ2) is 6.84. The quantitative estimate of drug-likeness (QED) is 0.767. The summed E-state index contributed by atoms with van der Waals surface area (Å²) in [5.41, 5.74) is 4.85. The molecule has 0 radical (unpaired) electrons. The number of hydrogen-bond acceptors (Lipinski definition) is 5. The lowest BCUT2D eigenvalue weighted by molar-refractivity contribution is 0.152. The van der Waals surface area contributed by atoms with Crippen LogP contribution in [0.2, 0.25) is 0 Å². The van der Waals surface area contributed by atoms with Gasteiger partial charge in [-0.25, -0.2) is 4.98 Å². The van der Waals surface area contributed by atoms with Crippen LogP contribution >= 0.6 is 11.3 Å². The highest BCUT2D eigenvalue weighted by Gasteiger charge is 2.25. The summed E-state index contributed by atoms with van der Waals surface area (Å²) in [7, 11) is 0. The smallest absolute Gasteiger partial charge is 0.123 e. The highest BCUT2D eigenvalue weighted by molar-refractivity contribution is 7.13. The summed E-state index contributed by atoms with van der Waals surface area (Å²) in [6, 6.07) is 8.93. The first-order chi connectivity index (χ1) is 11.8. The van der Waals surface area contributed by atoms with Crippen LogP contribution in [-0.2, 0) is 6.54 Å². The Labute approximate surface area is 145 Å². The van der Waals surface area contributed by atoms with Gasteiger partial charge >= 0.3 is 0 Å². The van der Waals surface area contributed by atoms with Gasteiger partial charge in [0.2, 0.25) is 0 Å². The van der Waals surface area contributed by atoms with E-state index in [0.717, 1.165) is 36.9 Å². The van der Waals surface area contributed by atoms with E-state index >= 15 is 0 Å². The van der Waals surface area contributed by atoms with Gasteiger partial charge in [0.05, 0.1) is 17.9 Å². The minimum Gasteiger partial charge on any atom is -0.314 e. The molecule has 124 valence electrons. The molecule has 2 N–H and O–H groups in total. The highest BCUT2D eigenvalue weighted by Crippen LogP contribution is 2.27. The van der Waals surface area contributed by atoms with Crippen LogP contribution in [0.4, 0.5) is 0 Å². The fourth-order valence-corrected chi connectivity index (χ4v) is 3.94. The molecule has 4 rings (SSSR count). The van der Waals surface area contributed by atoms with E-state index in [-0.39, 0.29) is 0 Å². The molecule has 2 aromatic heterocycles. The number of hydrogen-bond donors (Lipinski definition) is 2. The molecule has 0 amide bonds. The summed E-state index contributed by atoms with van der Waals surface area (Å²) in [6.45, 7) is 5.97. The van der Waals surface area contributed by atoms with E-state index < -0.39 is 0 Å². The van der Waals surface area contributed by atoms with Gasteiger partial charge in [-0.3, -0.25) is 10.00 Å². The van der Waals surface area contributed by atoms with Crippen molar-refractivity contribution in [2.75, 3.05) is 19.6 Å². The lowest BCUT2D eigenvalue weighted by atomic mass is 10.1. The summed E-state index contributed by atoms with van der Waals surface area (Å²) in [5.74, 6) is 0. The number of nitrogens with one attached hydrogen (secondary N) is 2. The summed E-state index contributed by atoms with van der Waals surface area (Å²) >= 11 is 1.72. The maximum Gasteiger partial charge on any atom is 0.123 e. The minimum atomic E-state index is 0.349. The minimum absolute atomic E-state index is 0.349. The Bertz CT molecular complexity index is 778. The lowest BCUT2D eigenvalue weighted by Gasteiger charge is -2.35. The standard InChI is InChI=1S/C18H21N5S/c1-13-2-4-14(5-3-13)18-22-16(12-24-18)11-23-7-6-19-10-17(23)15-8-20-21-9-15/h2-5,8-9,12,17,19H,6-7,10-11H2,1H3,(H,20,21). The van der Waals surface area contributed by atoms with Crippen molar-refractivity contribution in [2.45, 2.75) is 19.5 Å². The average Bonchev–Trinajstić information content (AvgIpc) is 3.28. The average molecular weight is 339 g/mol. The van der Waals surface area contributed by atoms with Gasteiger partial charge in [-0.05, 0) is 6.92 Å². The van der Waals surface area contributed by atoms with E-state index in [1.807, 2.05) is 12.4 Å². The number of thiazole rings is 1. The monoisotopic (exact) mass is 339 g/mol. The molecule has 1 aliphatic heterocycles. The molecule has 6 heteroatoms. The van der Waals surface area contributed by atoms with Crippen LogP contribution in [-0.4, -0.2) is 39.7 Å². The topological polar surface area (TPSA) is 56.8 Å². The summed E-state index contributed by atoms with van der Waals surface area (Å²) < 4.78 is 0. The van der Waals surface area contributed by atoms with Crippen LogP contribution in [0.5, 0.6) is 0 Å². The van der Waals surface area contributed by atoms with Crippen LogP contribution in [0, 0.1) is 6.92 Å². The zero-order valence-electron chi connectivity index (χ0n) is 13.7. The first-order valence-corrected chi connectivity index (χ1v) is 9.12. The van der Waals surface area contributed by atoms with Crippen molar-refractivity contribution < 1.29 is 0 Å². The van der Waals surface area contributed by atoms with Gasteiger partial charge in [0.1, 0.15) is 5.01 Å². The molecule has 1 saturated heterocycles. The number of aromatic nitrogens is 3. The zero-order valence-corrected chi connectivity index (χ0v) is 14.5. The Morgan fingerprint density at radius 2 is 2.17 bits per heavy atom. The number of nitrogens with zero attached hydrogens (tertiary/aromatic N) is 3. The van der Waals surface area contributed by atoms with Crippen molar-refractivity contribution in [3.8, 4) is 10.6 Å². The normalized spacial score (nSPS) is 18.8. The Morgan fingerprint density at radius 3 is 2.96 bits per heavy atom. The zero-order chi connectivity index (χ0) is 16.4. The second-order valence-corrected chi connectivity index (χ2v) is 7.09. The van der Waals surface area contributed by atoms with E-state index in [4.69, 9.17) is 4.98 Å². The van der Waals surface area contributed by atoms with Crippen LogP contribution < -0.4 is 5.32 Å². The third-order valence-electron chi connectivity index (χ3n) is 4.47. The Morgan fingerprint density at radius 1 is 1.29 bits per heavy atom. The van der Waals surface area contributed by atoms with Gasteiger partial charge in [-0.2, -0.15) is 5.10 Å². The Balaban J connectivity index is 1.51. The first-order valence-electron chi connectivity index (χ1n) is 8.24. The second-order valence-electron chi connectivity index (χ2n) is 6.23. The van der Waals surface area contributed by atoms with Crippen molar-refractivity contribution in [2.24, 2.45) is 0 Å². The molecule has 5 nitrogen and oxygen atoms in total. The van der Waals surface area contributed by atoms with Gasteiger partial charge in [-0.15, -0.1) is 11.3 Å². The number of benzene rings is 1. The highest BCUT2D eigenvalue weighted by atomic mass is 32.1. The van der Waals surface area contributed by atoms with Crippen molar-refractivity contribution in [3.63, 3.8) is 0 Å². The third-order valence-corrected chi connectivity index (χ3v) is 5.41. The molecule has 24 heavy (non-hydrogen) atoms. The summed E-state index contributed by atoms with van der Waals surface area (Å²) in [4.78, 5) is 7.33. The van der Waals surface area contributed by atoms with Gasteiger partial charge in [0.15, 0.2) is 0 Å². The molecule has 1 fully saturated rings. The summed E-state index contributed by atoms with van der Waals surface area (Å²) in [6.07, 6.45) is 3.91. The first kappa shape index (κ1) is 15.5. The van der Waals surface area contributed by atoms with Crippen LogP contribution in [0.1, 0.15) is 22.9 Å². The number of H-pyrrole nitrogens is 1. The molecule has 1 aromatic carbocycles. The molecule has 1 aliphatic rings. The molecule has 3 heterocycles. The molecular formula is C18H21N5S. The maximum atomic E-state index is 4.85. The third kappa shape index (κ3) is 3.26. The molecule has 1 atom stereocenters. The van der Waals surface area contributed by atoms with Gasteiger partial charge in [0, 0.05) is 48.9 Å². The van der Waals surface area contributed by atoms with E-state index in [9.17, 15) is 0 Å². The van der Waals surface area contributed by atoms with E-state index in [2.05, 4.69) is 57.0 Å². The molecule has 1 unspecified atom stereocenters. The van der Waals surface area contributed by atoms with Crippen LogP contribution in [0.25, 0.3) is 10.6 Å². The molecule has 3 aromatic rings. The van der Waals surface area contributed by atoms with E-state index in [0.29, 0.717) is 6.04 Å². The number of piperazine rings is 1. The van der Waals surface area contributed by atoms with Crippen molar-refractivity contribution in [1.82, 2.24) is 25.4 Å². The number of aromatic amines is 1. The van der Waals surface area contributed by atoms with E-state index in [1.165, 1.54) is 16.7 Å². The van der Waals surface area contributed by atoms with Crippen LogP contribution in [0.3, 0.4) is 0 Å². The van der Waals surface area contributed by atoms with Gasteiger partial charge < -0.3 is 5.32 Å². The van der Waals surface area contributed by atoms with E-state index in [1.54, 1.807) is 11.3 Å². The SMILES string of the molecule is Cc1ccc(-c2nc(CN3CCNCC3c3cn[nH]c3)cs2)cc1. The van der Waals surface area contributed by atoms with Gasteiger partial charge in [-0.1, -0.05) is 29.8 Å². The largest absolute Gasteiger partial charge is 0.314 e. The predicted octanol–water partition coefficient (Wildman–Crippen LogP) is 2.99. The summed E-state index contributed by atoms with van der Waals surface area (Å²) in [5, 5.41) is 13.8. The lowest BCUT2D eigenvalue weighted by Crippen LogP contribution is -2.45. The Hall–Kier alpha value is -2.02. The Kier molecular flexibility index (Phi) is 4.42. The molecule has 0 bridgehead atoms. The van der Waals surface area contributed by atoms with Crippen molar-refractivity contribution >= 4 is 11.3 Å². The fraction of sp³-hybridized carbons (Fsp3) is 0.333. The molecule has 0 saturated carbocycles. The predicted molar refractivity (Wildman–Crippen MR) is 96.9 cm³/mol. The number of rotatable bonds is 4. The van der Waals surface area contributed by atoms with Gasteiger partial charge in [0.25, 0.3) is 0 Å². The maximum absolute atomic E-state index is 4.85. The number of aryl methyl sites for hydroxylation is 1. The van der Waals surface area contributed by atoms with Crippen molar-refractivity contribution in [3.05, 3.63) is 58.9 Å². The van der Waals surface area contributed by atoms with Crippen molar-refractivity contribution in [1.29, 1.82) is 0 Å². The van der Waals surface area contributed by atoms with Crippen LogP contribution in [0.15, 0.2) is 42.0 Å².